The molecule has 17 heavy (non-hydrogen) atoms. The van der Waals surface area contributed by atoms with Crippen LogP contribution in [-0.2, 0) is 0 Å². The van der Waals surface area contributed by atoms with Gasteiger partial charge < -0.3 is 10.5 Å². The molecule has 0 saturated heterocycles. The third kappa shape index (κ3) is 2.78. The Balaban J connectivity index is 2.27. The van der Waals surface area contributed by atoms with Crippen molar-refractivity contribution in [1.29, 1.82) is 0 Å². The Morgan fingerprint density at radius 3 is 2.59 bits per heavy atom. The maximum Gasteiger partial charge on any atom is 0.148 e. The summed E-state index contributed by atoms with van der Waals surface area (Å²) in [6, 6.07) is 8.77. The van der Waals surface area contributed by atoms with Crippen LogP contribution in [0.15, 0.2) is 53.0 Å². The second-order valence-electron chi connectivity index (χ2n) is 3.34. The van der Waals surface area contributed by atoms with Gasteiger partial charge in [0.25, 0.3) is 0 Å². The lowest BCUT2D eigenvalue weighted by Crippen LogP contribution is -1.87. The van der Waals surface area contributed by atoms with Crippen LogP contribution in [0.25, 0.3) is 0 Å². The van der Waals surface area contributed by atoms with E-state index in [1.54, 1.807) is 49.8 Å². The van der Waals surface area contributed by atoms with Gasteiger partial charge in [-0.25, -0.2) is 0 Å². The number of azo groups is 1. The number of hydrogen-bond donors (Lipinski definition) is 1. The van der Waals surface area contributed by atoms with Crippen molar-refractivity contribution < 1.29 is 4.74 Å². The van der Waals surface area contributed by atoms with Gasteiger partial charge >= 0.3 is 0 Å². The highest BCUT2D eigenvalue weighted by Gasteiger charge is 2.01. The topological polar surface area (TPSA) is 72.9 Å². The minimum atomic E-state index is 0.600. The lowest BCUT2D eigenvalue weighted by Gasteiger charge is -2.03. The van der Waals surface area contributed by atoms with Gasteiger partial charge in [0.1, 0.15) is 11.4 Å². The summed E-state index contributed by atoms with van der Waals surface area (Å²) in [6.07, 6.45) is 3.32. The Morgan fingerprint density at radius 2 is 1.88 bits per heavy atom. The lowest BCUT2D eigenvalue weighted by atomic mass is 10.2. The maximum absolute atomic E-state index is 5.65. The van der Waals surface area contributed by atoms with Crippen LogP contribution in [-0.4, -0.2) is 12.1 Å². The van der Waals surface area contributed by atoms with Crippen LogP contribution < -0.4 is 10.5 Å². The summed E-state index contributed by atoms with van der Waals surface area (Å²) in [5.41, 5.74) is 7.65. The number of nitrogens with two attached hydrogens (primary N) is 1. The van der Waals surface area contributed by atoms with E-state index in [0.717, 1.165) is 5.69 Å². The van der Waals surface area contributed by atoms with Gasteiger partial charge in [0.2, 0.25) is 0 Å². The predicted molar refractivity (Wildman–Crippen MR) is 65.8 cm³/mol. The minimum absolute atomic E-state index is 0.600. The number of hydrogen-bond acceptors (Lipinski definition) is 5. The van der Waals surface area contributed by atoms with E-state index in [4.69, 9.17) is 10.5 Å². The van der Waals surface area contributed by atoms with E-state index >= 15 is 0 Å². The Morgan fingerprint density at radius 1 is 1.12 bits per heavy atom. The molecule has 5 nitrogen and oxygen atoms in total. The molecule has 0 bridgehead atoms. The van der Waals surface area contributed by atoms with Crippen LogP contribution in [0.4, 0.5) is 17.1 Å². The molecule has 2 aromatic rings. The Kier molecular flexibility index (Phi) is 3.30. The van der Waals surface area contributed by atoms with Gasteiger partial charge in [-0.3, -0.25) is 4.98 Å². The van der Waals surface area contributed by atoms with E-state index < -0.39 is 0 Å². The molecule has 0 unspecified atom stereocenters. The number of nitrogens with zero attached hydrogens (tertiary/aromatic N) is 3. The van der Waals surface area contributed by atoms with Gasteiger partial charge in [0.15, 0.2) is 0 Å². The van der Waals surface area contributed by atoms with Crippen molar-refractivity contribution in [3.05, 3.63) is 42.7 Å². The van der Waals surface area contributed by atoms with E-state index in [1.165, 1.54) is 0 Å². The molecule has 86 valence electrons. The molecular weight excluding hydrogens is 216 g/mol. The second-order valence-corrected chi connectivity index (χ2v) is 3.34. The molecule has 1 aromatic heterocycles. The van der Waals surface area contributed by atoms with E-state index in [9.17, 15) is 0 Å². The van der Waals surface area contributed by atoms with Gasteiger partial charge in [-0.05, 0) is 24.3 Å². The van der Waals surface area contributed by atoms with Gasteiger partial charge in [-0.15, -0.1) is 5.11 Å². The van der Waals surface area contributed by atoms with Crippen LogP contribution >= 0.6 is 0 Å². The molecule has 0 saturated carbocycles. The molecule has 0 radical (unpaired) electrons. The summed E-state index contributed by atoms with van der Waals surface area (Å²) in [7, 11) is 1.57. The second kappa shape index (κ2) is 5.07. The molecule has 1 aromatic carbocycles. The van der Waals surface area contributed by atoms with Crippen molar-refractivity contribution >= 4 is 17.1 Å². The average molecular weight is 228 g/mol. The first kappa shape index (κ1) is 11.1. The lowest BCUT2D eigenvalue weighted by molar-refractivity contribution is 0.416. The molecule has 0 atom stereocenters. The fourth-order valence-electron chi connectivity index (χ4n) is 1.30. The summed E-state index contributed by atoms with van der Waals surface area (Å²) < 4.78 is 5.17. The van der Waals surface area contributed by atoms with E-state index in [1.807, 2.05) is 0 Å². The standard InChI is InChI=1S/C12H12N4O/c1-17-12-8-9(13)2-3-11(12)16-15-10-4-6-14-7-5-10/h2-8H,13H2,1H3. The molecule has 0 aliphatic heterocycles. The summed E-state index contributed by atoms with van der Waals surface area (Å²) >= 11 is 0. The molecule has 0 spiro atoms. The van der Waals surface area contributed by atoms with Crippen molar-refractivity contribution in [2.24, 2.45) is 10.2 Å². The number of methoxy groups -OCH3 is 1. The van der Waals surface area contributed by atoms with Crippen molar-refractivity contribution in [1.82, 2.24) is 4.98 Å². The fraction of sp³-hybridized carbons (Fsp3) is 0.0833. The summed E-state index contributed by atoms with van der Waals surface area (Å²) in [5, 5.41) is 8.18. The van der Waals surface area contributed by atoms with Gasteiger partial charge in [-0.2, -0.15) is 5.11 Å². The Labute approximate surface area is 99.0 Å². The largest absolute Gasteiger partial charge is 0.494 e. The molecule has 2 N–H and O–H groups in total. The van der Waals surface area contributed by atoms with Crippen molar-refractivity contribution in [3.8, 4) is 5.75 Å². The summed E-state index contributed by atoms with van der Waals surface area (Å²) in [5.74, 6) is 0.600. The molecule has 0 fully saturated rings. The number of pyridine rings is 1. The quantitative estimate of drug-likeness (QED) is 0.648. The van der Waals surface area contributed by atoms with Crippen LogP contribution in [0, 0.1) is 0 Å². The van der Waals surface area contributed by atoms with Gasteiger partial charge in [0.05, 0.1) is 12.8 Å². The van der Waals surface area contributed by atoms with Crippen LogP contribution in [0.5, 0.6) is 5.75 Å². The molecule has 0 amide bonds. The summed E-state index contributed by atoms with van der Waals surface area (Å²) in [4.78, 5) is 3.90. The first-order valence-electron chi connectivity index (χ1n) is 5.05. The highest BCUT2D eigenvalue weighted by atomic mass is 16.5. The zero-order valence-electron chi connectivity index (χ0n) is 9.37. The molecule has 2 rings (SSSR count). The number of rotatable bonds is 3. The summed E-state index contributed by atoms with van der Waals surface area (Å²) in [6.45, 7) is 0. The van der Waals surface area contributed by atoms with Crippen LogP contribution in [0.3, 0.4) is 0 Å². The highest BCUT2D eigenvalue weighted by Crippen LogP contribution is 2.30. The normalized spacial score (nSPS) is 10.6. The number of nitrogen functional groups attached to an aromatic ring is 1. The molecule has 1 heterocycles. The van der Waals surface area contributed by atoms with Gasteiger partial charge in [-0.1, -0.05) is 0 Å². The number of benzene rings is 1. The van der Waals surface area contributed by atoms with Gasteiger partial charge in [0, 0.05) is 24.1 Å². The monoisotopic (exact) mass is 228 g/mol. The zero-order valence-corrected chi connectivity index (χ0v) is 9.37. The number of anilines is 1. The fourth-order valence-corrected chi connectivity index (χ4v) is 1.30. The average Bonchev–Trinajstić information content (AvgIpc) is 2.38. The molecule has 0 aliphatic rings. The Hall–Kier alpha value is -2.43. The predicted octanol–water partition coefficient (Wildman–Crippen LogP) is 3.09. The molecule has 0 aliphatic carbocycles. The van der Waals surface area contributed by atoms with E-state index in [2.05, 4.69) is 15.2 Å². The van der Waals surface area contributed by atoms with Crippen molar-refractivity contribution in [3.63, 3.8) is 0 Å². The third-order valence-corrected chi connectivity index (χ3v) is 2.14. The minimum Gasteiger partial charge on any atom is -0.494 e. The number of aromatic nitrogens is 1. The maximum atomic E-state index is 5.65. The van der Waals surface area contributed by atoms with E-state index in [-0.39, 0.29) is 0 Å². The zero-order chi connectivity index (χ0) is 12.1. The first-order chi connectivity index (χ1) is 8.29. The van der Waals surface area contributed by atoms with Crippen molar-refractivity contribution in [2.45, 2.75) is 0 Å². The van der Waals surface area contributed by atoms with Crippen molar-refractivity contribution in [2.75, 3.05) is 12.8 Å². The number of ether oxygens (including phenoxy) is 1. The molecular formula is C12H12N4O. The molecule has 5 heteroatoms. The van der Waals surface area contributed by atoms with Crippen LogP contribution in [0.1, 0.15) is 0 Å². The SMILES string of the molecule is COc1cc(N)ccc1N=Nc1ccncc1. The smallest absolute Gasteiger partial charge is 0.148 e. The third-order valence-electron chi connectivity index (χ3n) is 2.14. The first-order valence-corrected chi connectivity index (χ1v) is 5.05. The Bertz CT molecular complexity index is 525. The highest BCUT2D eigenvalue weighted by molar-refractivity contribution is 5.59. The van der Waals surface area contributed by atoms with Crippen LogP contribution in [0.2, 0.25) is 0 Å². The van der Waals surface area contributed by atoms with E-state index in [0.29, 0.717) is 17.1 Å².